The lowest BCUT2D eigenvalue weighted by Gasteiger charge is -2.08. The monoisotopic (exact) mass is 245 g/mol. The van der Waals surface area contributed by atoms with E-state index >= 15 is 0 Å². The minimum absolute atomic E-state index is 0.0575. The Kier molecular flexibility index (Phi) is 3.38. The summed E-state index contributed by atoms with van der Waals surface area (Å²) in [6, 6.07) is 5.22. The topological polar surface area (TPSA) is 99.8 Å². The lowest BCUT2D eigenvalue weighted by molar-refractivity contribution is 0.0995. The zero-order valence-electron chi connectivity index (χ0n) is 10.1. The first-order valence-electron chi connectivity index (χ1n) is 5.69. The minimum atomic E-state index is -0.550. The molecular weight excluding hydrogens is 230 g/mol. The van der Waals surface area contributed by atoms with Crippen LogP contribution in [0, 0.1) is 0 Å². The van der Waals surface area contributed by atoms with E-state index in [0.717, 1.165) is 17.8 Å². The third kappa shape index (κ3) is 2.38. The number of nitrogens with zero attached hydrogens (tertiary/aromatic N) is 3. The largest absolute Gasteiger partial charge is 0.364 e. The van der Waals surface area contributed by atoms with Gasteiger partial charge in [0.05, 0.1) is 17.6 Å². The highest BCUT2D eigenvalue weighted by Gasteiger charge is 2.08. The third-order valence-electron chi connectivity index (χ3n) is 2.70. The highest BCUT2D eigenvalue weighted by atomic mass is 16.1. The molecule has 0 unspecified atom stereocenters. The molecule has 2 aromatic rings. The van der Waals surface area contributed by atoms with Crippen molar-refractivity contribution < 1.29 is 4.79 Å². The van der Waals surface area contributed by atoms with Gasteiger partial charge in [0.25, 0.3) is 5.91 Å². The van der Waals surface area contributed by atoms with Gasteiger partial charge in [0.1, 0.15) is 5.69 Å². The number of hydrogen-bond acceptors (Lipinski definition) is 4. The van der Waals surface area contributed by atoms with Crippen LogP contribution >= 0.6 is 0 Å². The molecule has 0 spiro atoms. The van der Waals surface area contributed by atoms with E-state index in [-0.39, 0.29) is 11.7 Å². The van der Waals surface area contributed by atoms with Crippen LogP contribution in [0.5, 0.6) is 0 Å². The van der Waals surface area contributed by atoms with Gasteiger partial charge in [0.15, 0.2) is 0 Å². The van der Waals surface area contributed by atoms with E-state index in [1.165, 1.54) is 0 Å². The maximum Gasteiger partial charge on any atom is 0.269 e. The Bertz CT molecular complexity index is 546. The van der Waals surface area contributed by atoms with E-state index in [4.69, 9.17) is 11.5 Å². The van der Waals surface area contributed by atoms with Crippen molar-refractivity contribution in [1.82, 2.24) is 14.8 Å². The van der Waals surface area contributed by atoms with Crippen LogP contribution in [0.25, 0.3) is 5.69 Å². The number of nitrogens with two attached hydrogens (primary N) is 2. The average Bonchev–Trinajstić information content (AvgIpc) is 2.88. The molecule has 0 aliphatic rings. The molecule has 18 heavy (non-hydrogen) atoms. The standard InChI is InChI=1S/C12H15N5O/c1-2-9(13)10-4-3-8(7-15-10)17-6-5-11(16-17)12(14)18/h3-7,9H,2,13H2,1H3,(H2,14,18)/t9-/m1/s1. The molecule has 0 radical (unpaired) electrons. The molecule has 0 saturated carbocycles. The molecule has 0 aliphatic heterocycles. The summed E-state index contributed by atoms with van der Waals surface area (Å²) in [7, 11) is 0. The number of hydrogen-bond donors (Lipinski definition) is 2. The number of carbonyl (C=O) groups excluding carboxylic acids is 1. The number of pyridine rings is 1. The molecule has 0 saturated heterocycles. The van der Waals surface area contributed by atoms with Crippen LogP contribution in [0.3, 0.4) is 0 Å². The summed E-state index contributed by atoms with van der Waals surface area (Å²) in [4.78, 5) is 15.2. The second-order valence-electron chi connectivity index (χ2n) is 3.97. The SMILES string of the molecule is CC[C@@H](N)c1ccc(-n2ccc(C(N)=O)n2)cn1. The van der Waals surface area contributed by atoms with Crippen LogP contribution in [0.4, 0.5) is 0 Å². The molecule has 0 aliphatic carbocycles. The summed E-state index contributed by atoms with van der Waals surface area (Å²) >= 11 is 0. The van der Waals surface area contributed by atoms with Crippen molar-refractivity contribution in [3.63, 3.8) is 0 Å². The van der Waals surface area contributed by atoms with Gasteiger partial charge in [-0.2, -0.15) is 5.10 Å². The van der Waals surface area contributed by atoms with Gasteiger partial charge < -0.3 is 11.5 Å². The van der Waals surface area contributed by atoms with Crippen LogP contribution in [-0.2, 0) is 0 Å². The lowest BCUT2D eigenvalue weighted by Crippen LogP contribution is -2.12. The second-order valence-corrected chi connectivity index (χ2v) is 3.97. The summed E-state index contributed by atoms with van der Waals surface area (Å²) in [5.41, 5.74) is 12.8. The molecule has 6 heteroatoms. The van der Waals surface area contributed by atoms with Gasteiger partial charge in [-0.3, -0.25) is 9.78 Å². The predicted octanol–water partition coefficient (Wildman–Crippen LogP) is 0.776. The minimum Gasteiger partial charge on any atom is -0.364 e. The molecule has 2 aromatic heterocycles. The molecule has 94 valence electrons. The van der Waals surface area contributed by atoms with Gasteiger partial charge in [-0.05, 0) is 24.6 Å². The fourth-order valence-electron chi connectivity index (χ4n) is 1.56. The zero-order chi connectivity index (χ0) is 13.1. The predicted molar refractivity (Wildman–Crippen MR) is 67.1 cm³/mol. The molecule has 2 heterocycles. The van der Waals surface area contributed by atoms with Crippen LogP contribution in [0.15, 0.2) is 30.6 Å². The zero-order valence-corrected chi connectivity index (χ0v) is 10.1. The molecule has 0 fully saturated rings. The Morgan fingerprint density at radius 2 is 2.22 bits per heavy atom. The Morgan fingerprint density at radius 1 is 1.44 bits per heavy atom. The highest BCUT2D eigenvalue weighted by molar-refractivity contribution is 5.90. The van der Waals surface area contributed by atoms with Gasteiger partial charge in [-0.1, -0.05) is 6.92 Å². The van der Waals surface area contributed by atoms with E-state index in [2.05, 4.69) is 10.1 Å². The molecule has 6 nitrogen and oxygen atoms in total. The normalized spacial score (nSPS) is 12.3. The maximum absolute atomic E-state index is 10.9. The molecule has 0 bridgehead atoms. The fraction of sp³-hybridized carbons (Fsp3) is 0.250. The Hall–Kier alpha value is -2.21. The Balaban J connectivity index is 2.25. The third-order valence-corrected chi connectivity index (χ3v) is 2.70. The van der Waals surface area contributed by atoms with Gasteiger partial charge in [-0.25, -0.2) is 4.68 Å². The van der Waals surface area contributed by atoms with E-state index in [1.807, 2.05) is 19.1 Å². The Labute approximate surface area is 105 Å². The van der Waals surface area contributed by atoms with Crippen molar-refractivity contribution in [2.75, 3.05) is 0 Å². The molecule has 4 N–H and O–H groups in total. The van der Waals surface area contributed by atoms with Gasteiger partial charge in [-0.15, -0.1) is 0 Å². The summed E-state index contributed by atoms with van der Waals surface area (Å²) in [5, 5.41) is 4.05. The van der Waals surface area contributed by atoms with E-state index in [0.29, 0.717) is 0 Å². The van der Waals surface area contributed by atoms with Crippen LogP contribution in [-0.4, -0.2) is 20.7 Å². The van der Waals surface area contributed by atoms with Gasteiger partial charge >= 0.3 is 0 Å². The molecule has 2 rings (SSSR count). The summed E-state index contributed by atoms with van der Waals surface area (Å²) in [6.45, 7) is 2.01. The summed E-state index contributed by atoms with van der Waals surface area (Å²) in [5.74, 6) is -0.550. The van der Waals surface area contributed by atoms with Crippen molar-refractivity contribution in [2.24, 2.45) is 11.5 Å². The van der Waals surface area contributed by atoms with E-state index in [9.17, 15) is 4.79 Å². The fourth-order valence-corrected chi connectivity index (χ4v) is 1.56. The summed E-state index contributed by atoms with van der Waals surface area (Å²) < 4.78 is 1.55. The average molecular weight is 245 g/mol. The van der Waals surface area contributed by atoms with Crippen molar-refractivity contribution in [3.8, 4) is 5.69 Å². The van der Waals surface area contributed by atoms with Crippen molar-refractivity contribution in [2.45, 2.75) is 19.4 Å². The van der Waals surface area contributed by atoms with Crippen molar-refractivity contribution in [3.05, 3.63) is 42.0 Å². The molecule has 0 aromatic carbocycles. The van der Waals surface area contributed by atoms with Crippen molar-refractivity contribution >= 4 is 5.91 Å². The number of aromatic nitrogens is 3. The maximum atomic E-state index is 10.9. The van der Waals surface area contributed by atoms with E-state index < -0.39 is 5.91 Å². The number of primary amides is 1. The molecular formula is C12H15N5O. The molecule has 1 amide bonds. The van der Waals surface area contributed by atoms with Gasteiger partial charge in [0.2, 0.25) is 0 Å². The van der Waals surface area contributed by atoms with Crippen LogP contribution < -0.4 is 11.5 Å². The van der Waals surface area contributed by atoms with Crippen LogP contribution in [0.1, 0.15) is 35.6 Å². The second kappa shape index (κ2) is 4.97. The first kappa shape index (κ1) is 12.3. The quantitative estimate of drug-likeness (QED) is 0.831. The van der Waals surface area contributed by atoms with E-state index in [1.54, 1.807) is 23.1 Å². The lowest BCUT2D eigenvalue weighted by atomic mass is 10.1. The number of carbonyl (C=O) groups is 1. The smallest absolute Gasteiger partial charge is 0.269 e. The first-order chi connectivity index (χ1) is 8.61. The Morgan fingerprint density at radius 3 is 2.72 bits per heavy atom. The highest BCUT2D eigenvalue weighted by Crippen LogP contribution is 2.13. The number of rotatable bonds is 4. The molecule has 1 atom stereocenters. The van der Waals surface area contributed by atoms with Crippen LogP contribution in [0.2, 0.25) is 0 Å². The summed E-state index contributed by atoms with van der Waals surface area (Å²) in [6.07, 6.45) is 4.17. The number of amides is 1. The first-order valence-corrected chi connectivity index (χ1v) is 5.69. The van der Waals surface area contributed by atoms with Crippen molar-refractivity contribution in [1.29, 1.82) is 0 Å². The van der Waals surface area contributed by atoms with Gasteiger partial charge in [0, 0.05) is 12.2 Å².